The minimum Gasteiger partial charge on any atom is -0.453 e. The molecular formula is C28H29FN4O3. The SMILES string of the molecule is C=C1Oc2c(ccc3ccccc23)N2C=C(C(=O)N3CC[C@@H](N)C3)C(=O)/C(=C/C(F)=C\1NCC)C2C. The first kappa shape index (κ1) is 23.8. The third kappa shape index (κ3) is 3.97. The Kier molecular flexibility index (Phi) is 6.14. The Hall–Kier alpha value is -3.91. The van der Waals surface area contributed by atoms with Gasteiger partial charge in [0.1, 0.15) is 17.0 Å². The second-order valence-electron chi connectivity index (χ2n) is 9.27. The lowest BCUT2D eigenvalue weighted by Gasteiger charge is -2.36. The number of rotatable bonds is 3. The summed E-state index contributed by atoms with van der Waals surface area (Å²) in [5.41, 5.74) is 6.86. The highest BCUT2D eigenvalue weighted by Gasteiger charge is 2.39. The molecule has 0 aromatic heterocycles. The number of likely N-dealkylation sites (tertiary alicyclic amines) is 1. The van der Waals surface area contributed by atoms with Gasteiger partial charge in [-0.3, -0.25) is 9.59 Å². The topological polar surface area (TPSA) is 87.9 Å². The predicted molar refractivity (Wildman–Crippen MR) is 138 cm³/mol. The monoisotopic (exact) mass is 488 g/mol. The minimum absolute atomic E-state index is 0.0234. The van der Waals surface area contributed by atoms with Crippen molar-refractivity contribution >= 4 is 28.2 Å². The van der Waals surface area contributed by atoms with Crippen LogP contribution < -0.4 is 20.7 Å². The number of Topliss-reactive ketones (excluding diaryl/α,β-unsaturated/α-hetero) is 1. The summed E-state index contributed by atoms with van der Waals surface area (Å²) in [6, 6.07) is 10.8. The van der Waals surface area contributed by atoms with Gasteiger partial charge >= 0.3 is 0 Å². The molecular weight excluding hydrogens is 459 g/mol. The smallest absolute Gasteiger partial charge is 0.259 e. The molecule has 1 saturated heterocycles. The van der Waals surface area contributed by atoms with Crippen LogP contribution in [0.5, 0.6) is 5.75 Å². The lowest BCUT2D eigenvalue weighted by Crippen LogP contribution is -2.43. The Morgan fingerprint density at radius 2 is 2.06 bits per heavy atom. The van der Waals surface area contributed by atoms with Crippen LogP contribution in [-0.4, -0.2) is 48.3 Å². The van der Waals surface area contributed by atoms with E-state index in [2.05, 4.69) is 11.9 Å². The number of allylic oxidation sites excluding steroid dienone is 2. The van der Waals surface area contributed by atoms with Crippen molar-refractivity contribution in [1.82, 2.24) is 10.2 Å². The molecule has 2 bridgehead atoms. The van der Waals surface area contributed by atoms with E-state index in [0.717, 1.165) is 10.8 Å². The first-order chi connectivity index (χ1) is 17.3. The molecule has 3 aliphatic rings. The molecule has 1 fully saturated rings. The van der Waals surface area contributed by atoms with E-state index < -0.39 is 23.6 Å². The lowest BCUT2D eigenvalue weighted by atomic mass is 9.91. The van der Waals surface area contributed by atoms with E-state index in [1.165, 1.54) is 6.08 Å². The first-order valence-electron chi connectivity index (χ1n) is 12.1. The number of amides is 1. The van der Waals surface area contributed by atoms with Crippen LogP contribution >= 0.6 is 0 Å². The van der Waals surface area contributed by atoms with Crippen molar-refractivity contribution in [3.63, 3.8) is 0 Å². The summed E-state index contributed by atoms with van der Waals surface area (Å²) < 4.78 is 21.9. The number of nitrogens with two attached hydrogens (primary N) is 1. The second-order valence-corrected chi connectivity index (χ2v) is 9.27. The third-order valence-corrected chi connectivity index (χ3v) is 6.90. The number of benzene rings is 2. The molecule has 2 aromatic rings. The van der Waals surface area contributed by atoms with E-state index in [0.29, 0.717) is 37.5 Å². The van der Waals surface area contributed by atoms with Gasteiger partial charge in [-0.1, -0.05) is 36.9 Å². The summed E-state index contributed by atoms with van der Waals surface area (Å²) in [6.45, 7) is 8.89. The molecule has 1 amide bonds. The van der Waals surface area contributed by atoms with Gasteiger partial charge in [-0.05, 0) is 37.8 Å². The fourth-order valence-electron chi connectivity index (χ4n) is 4.98. The zero-order valence-corrected chi connectivity index (χ0v) is 20.4. The standard InChI is InChI=1S/C28H29FN4O3/c1-4-31-25-17(3)36-27-20-8-6-5-7-18(20)9-10-24(27)33-15-22(28(35)32-12-11-19(30)14-32)26(34)21(16(33)2)13-23(25)29/h5-10,13,15-16,19,31H,3-4,11-12,14,30H2,1-2H3/b21-13+,25-23-/t16?,19-/m1/s1. The van der Waals surface area contributed by atoms with Crippen molar-refractivity contribution in [1.29, 1.82) is 0 Å². The number of halogens is 1. The van der Waals surface area contributed by atoms with Crippen molar-refractivity contribution in [2.75, 3.05) is 24.5 Å². The summed E-state index contributed by atoms with van der Waals surface area (Å²) in [5, 5.41) is 4.70. The molecule has 0 aliphatic carbocycles. The van der Waals surface area contributed by atoms with Crippen molar-refractivity contribution in [2.45, 2.75) is 32.4 Å². The summed E-state index contributed by atoms with van der Waals surface area (Å²) in [5.74, 6) is -1.02. The number of nitrogens with one attached hydrogen (secondary N) is 1. The van der Waals surface area contributed by atoms with Gasteiger partial charge in [-0.2, -0.15) is 0 Å². The fourth-order valence-corrected chi connectivity index (χ4v) is 4.98. The highest BCUT2D eigenvalue weighted by Crippen LogP contribution is 2.42. The number of ether oxygens (including phenoxy) is 1. The van der Waals surface area contributed by atoms with E-state index in [-0.39, 0.29) is 28.6 Å². The van der Waals surface area contributed by atoms with E-state index in [9.17, 15) is 9.59 Å². The highest BCUT2D eigenvalue weighted by molar-refractivity contribution is 6.27. The number of hydrogen-bond donors (Lipinski definition) is 2. The van der Waals surface area contributed by atoms with Crippen molar-refractivity contribution < 1.29 is 18.7 Å². The third-order valence-electron chi connectivity index (χ3n) is 6.90. The molecule has 1 unspecified atom stereocenters. The largest absolute Gasteiger partial charge is 0.453 e. The Labute approximate surface area is 209 Å². The second kappa shape index (κ2) is 9.28. The molecule has 3 aliphatic heterocycles. The average Bonchev–Trinajstić information content (AvgIpc) is 3.31. The molecule has 2 atom stereocenters. The normalized spacial score (nSPS) is 25.7. The average molecular weight is 489 g/mol. The van der Waals surface area contributed by atoms with Gasteiger partial charge < -0.3 is 25.6 Å². The Morgan fingerprint density at radius 3 is 2.78 bits per heavy atom. The van der Waals surface area contributed by atoms with E-state index in [1.807, 2.05) is 50.2 Å². The van der Waals surface area contributed by atoms with Gasteiger partial charge in [-0.25, -0.2) is 4.39 Å². The van der Waals surface area contributed by atoms with Gasteiger partial charge in [0.15, 0.2) is 17.4 Å². The van der Waals surface area contributed by atoms with Crippen LogP contribution in [0.3, 0.4) is 0 Å². The number of anilines is 1. The molecule has 0 spiro atoms. The van der Waals surface area contributed by atoms with Gasteiger partial charge in [0.05, 0.1) is 11.7 Å². The van der Waals surface area contributed by atoms with Crippen molar-refractivity contribution in [3.8, 4) is 5.75 Å². The van der Waals surface area contributed by atoms with Crippen molar-refractivity contribution in [2.24, 2.45) is 5.73 Å². The molecule has 0 saturated carbocycles. The number of nitrogens with zero attached hydrogens (tertiary/aromatic N) is 2. The molecule has 3 heterocycles. The molecule has 0 radical (unpaired) electrons. The number of fused-ring (bicyclic) bond motifs is 6. The van der Waals surface area contributed by atoms with Crippen molar-refractivity contribution in [3.05, 3.63) is 83.7 Å². The summed E-state index contributed by atoms with van der Waals surface area (Å²) in [6.07, 6.45) is 3.42. The van der Waals surface area contributed by atoms with E-state index in [4.69, 9.17) is 10.5 Å². The molecule has 36 heavy (non-hydrogen) atoms. The predicted octanol–water partition coefficient (Wildman–Crippen LogP) is 3.68. The number of ketones is 1. The summed E-state index contributed by atoms with van der Waals surface area (Å²) in [4.78, 5) is 30.4. The van der Waals surface area contributed by atoms with Gasteiger partial charge in [0.25, 0.3) is 5.91 Å². The zero-order chi connectivity index (χ0) is 25.6. The highest BCUT2D eigenvalue weighted by atomic mass is 19.1. The van der Waals surface area contributed by atoms with E-state index >= 15 is 4.39 Å². The molecule has 5 rings (SSSR count). The maximum Gasteiger partial charge on any atom is 0.259 e. The molecule has 2 aromatic carbocycles. The van der Waals surface area contributed by atoms with Crippen LogP contribution in [0.1, 0.15) is 20.3 Å². The number of hydrogen-bond acceptors (Lipinski definition) is 6. The maximum atomic E-state index is 15.6. The van der Waals surface area contributed by atoms with Gasteiger partial charge in [0.2, 0.25) is 0 Å². The minimum atomic E-state index is -0.683. The molecule has 7 nitrogen and oxygen atoms in total. The molecule has 8 heteroatoms. The number of likely N-dealkylation sites (N-methyl/N-ethyl adjacent to an activating group) is 1. The Balaban J connectivity index is 1.76. The van der Waals surface area contributed by atoms with Gasteiger partial charge in [-0.15, -0.1) is 0 Å². The maximum absolute atomic E-state index is 15.6. The van der Waals surface area contributed by atoms with Crippen LogP contribution in [0.25, 0.3) is 10.8 Å². The summed E-state index contributed by atoms with van der Waals surface area (Å²) >= 11 is 0. The number of carbonyl (C=O) groups excluding carboxylic acids is 2. The van der Waals surface area contributed by atoms with Crippen LogP contribution in [0.4, 0.5) is 10.1 Å². The molecule has 3 N–H and O–H groups in total. The van der Waals surface area contributed by atoms with Crippen LogP contribution in [0, 0.1) is 0 Å². The first-order valence-corrected chi connectivity index (χ1v) is 12.1. The zero-order valence-electron chi connectivity index (χ0n) is 20.4. The van der Waals surface area contributed by atoms with Crippen LogP contribution in [-0.2, 0) is 9.59 Å². The molecule has 186 valence electrons. The van der Waals surface area contributed by atoms with Gasteiger partial charge in [0, 0.05) is 42.8 Å². The lowest BCUT2D eigenvalue weighted by molar-refractivity contribution is -0.128. The fraction of sp³-hybridized carbons (Fsp3) is 0.286. The summed E-state index contributed by atoms with van der Waals surface area (Å²) in [7, 11) is 0. The van der Waals surface area contributed by atoms with Crippen LogP contribution in [0.2, 0.25) is 0 Å². The Bertz CT molecular complexity index is 1380. The van der Waals surface area contributed by atoms with Crippen LogP contribution in [0.15, 0.2) is 83.7 Å². The quantitative estimate of drug-likeness (QED) is 0.641. The van der Waals surface area contributed by atoms with E-state index in [1.54, 1.807) is 16.0 Å². The Morgan fingerprint density at radius 1 is 1.28 bits per heavy atom. The number of carbonyl (C=O) groups is 2.